The van der Waals surface area contributed by atoms with Crippen molar-refractivity contribution in [1.29, 1.82) is 0 Å². The summed E-state index contributed by atoms with van der Waals surface area (Å²) in [6.07, 6.45) is 1.25. The van der Waals surface area contributed by atoms with Crippen molar-refractivity contribution in [3.05, 3.63) is 0 Å². The van der Waals surface area contributed by atoms with E-state index in [9.17, 15) is 0 Å². The van der Waals surface area contributed by atoms with E-state index in [2.05, 4.69) is 34.6 Å². The van der Waals surface area contributed by atoms with E-state index in [0.29, 0.717) is 0 Å². The summed E-state index contributed by atoms with van der Waals surface area (Å²) in [6.45, 7) is 18.8. The first-order chi connectivity index (χ1) is 5.15. The highest BCUT2D eigenvalue weighted by molar-refractivity contribution is 4.20. The van der Waals surface area contributed by atoms with Gasteiger partial charge in [-0.1, -0.05) is 98.4 Å². The molecule has 0 heteroatoms. The lowest BCUT2D eigenvalue weighted by Gasteiger charge is -1.79. The Balaban J connectivity index is -0.00000000692. The maximum Gasteiger partial charge on any atom is -0.0500 e. The van der Waals surface area contributed by atoms with Gasteiger partial charge in [0.25, 0.3) is 0 Å². The van der Waals surface area contributed by atoms with E-state index in [0.717, 1.165) is 5.92 Å². The Hall–Kier alpha value is 0. The second-order valence-corrected chi connectivity index (χ2v) is 2.44. The van der Waals surface area contributed by atoms with Crippen LogP contribution in [0.4, 0.5) is 0 Å². The van der Waals surface area contributed by atoms with Crippen LogP contribution in [0.5, 0.6) is 0 Å². The van der Waals surface area contributed by atoms with Gasteiger partial charge in [-0.2, -0.15) is 0 Å². The van der Waals surface area contributed by atoms with Crippen LogP contribution in [0.2, 0.25) is 0 Å². The van der Waals surface area contributed by atoms with Gasteiger partial charge in [-0.15, -0.1) is 0 Å². The van der Waals surface area contributed by atoms with Crippen molar-refractivity contribution >= 4 is 0 Å². The van der Waals surface area contributed by atoms with Crippen LogP contribution in [-0.2, 0) is 0 Å². The Morgan fingerprint density at radius 3 is 0.600 bits per heavy atom. The van der Waals surface area contributed by atoms with Crippen LogP contribution in [-0.4, -0.2) is 0 Å². The number of rotatable bonds is 0. The highest BCUT2D eigenvalue weighted by Crippen LogP contribution is 1.81. The van der Waals surface area contributed by atoms with Gasteiger partial charge in [0, 0.05) is 0 Å². The number of hydrogen-bond acceptors (Lipinski definition) is 0. The zero-order valence-electron chi connectivity index (χ0n) is 10.3. The van der Waals surface area contributed by atoms with E-state index < -0.39 is 0 Å². The molecule has 0 aliphatic heterocycles. The molecule has 0 saturated heterocycles. The first kappa shape index (κ1) is 60.0. The van der Waals surface area contributed by atoms with Crippen LogP contribution in [0, 0.1) is 5.92 Å². The third-order valence-electron chi connectivity index (χ3n) is 0. The van der Waals surface area contributed by atoms with E-state index in [1.165, 1.54) is 6.42 Å². The fraction of sp³-hybridized carbons (Fsp3) is 1.00. The molecule has 0 aromatic heterocycles. The lowest BCUT2D eigenvalue weighted by molar-refractivity contribution is 0.737. The van der Waals surface area contributed by atoms with E-state index in [1.54, 1.807) is 0 Å². The standard InChI is InChI=1S/C4H10.C3H8.2C2H6.4CH4/c1-4(2)3;1-3-2;2*1-2;;;;/h4H,1-3H3;3H2,1-2H3;2*1-2H3;4*1H4. The van der Waals surface area contributed by atoms with Crippen molar-refractivity contribution in [2.24, 2.45) is 5.92 Å². The molecule has 0 spiro atoms. The molecule has 0 nitrogen and oxygen atoms in total. The van der Waals surface area contributed by atoms with Crippen molar-refractivity contribution in [2.45, 2.75) is 98.4 Å². The summed E-state index contributed by atoms with van der Waals surface area (Å²) in [5, 5.41) is 0. The van der Waals surface area contributed by atoms with E-state index in [-0.39, 0.29) is 29.7 Å². The molecule has 0 saturated carbocycles. The highest BCUT2D eigenvalue weighted by Gasteiger charge is 1.68. The zero-order valence-corrected chi connectivity index (χ0v) is 10.3. The van der Waals surface area contributed by atoms with Crippen LogP contribution < -0.4 is 0 Å². The molecule has 0 aromatic rings. The summed E-state index contributed by atoms with van der Waals surface area (Å²) >= 11 is 0. The predicted octanol–water partition coefficient (Wildman–Crippen LogP) is 7.68. The zero-order chi connectivity index (χ0) is 10.3. The van der Waals surface area contributed by atoms with Crippen molar-refractivity contribution in [3.63, 3.8) is 0 Å². The maximum absolute atomic E-state index is 2.17. The minimum atomic E-state index is 0. The van der Waals surface area contributed by atoms with Crippen molar-refractivity contribution in [3.8, 4) is 0 Å². The molecule has 15 heavy (non-hydrogen) atoms. The van der Waals surface area contributed by atoms with Gasteiger partial charge in [0.05, 0.1) is 0 Å². The quantitative estimate of drug-likeness (QED) is 0.397. The minimum absolute atomic E-state index is 0. The molecule has 0 aromatic carbocycles. The molecular weight excluding hydrogens is 180 g/mol. The van der Waals surface area contributed by atoms with Crippen LogP contribution in [0.15, 0.2) is 0 Å². The molecule has 0 amide bonds. The van der Waals surface area contributed by atoms with Gasteiger partial charge in [-0.3, -0.25) is 0 Å². The lowest BCUT2D eigenvalue weighted by atomic mass is 10.3. The van der Waals surface area contributed by atoms with Crippen LogP contribution in [0.3, 0.4) is 0 Å². The maximum atomic E-state index is 2.17. The Bertz CT molecular complexity index is 11.2. The fourth-order valence-electron chi connectivity index (χ4n) is 0. The number of hydrogen-bond donors (Lipinski definition) is 0. The summed E-state index contributed by atoms with van der Waals surface area (Å²) in [4.78, 5) is 0. The smallest absolute Gasteiger partial charge is 0.0500 e. The fourth-order valence-corrected chi connectivity index (χ4v) is 0. The molecule has 0 atom stereocenters. The van der Waals surface area contributed by atoms with Crippen molar-refractivity contribution in [2.75, 3.05) is 0 Å². The predicted molar refractivity (Wildman–Crippen MR) is 86.1 cm³/mol. The summed E-state index contributed by atoms with van der Waals surface area (Å²) in [5.41, 5.74) is 0. The largest absolute Gasteiger partial charge is 0.0776 e. The molecule has 0 N–H and O–H groups in total. The van der Waals surface area contributed by atoms with Crippen molar-refractivity contribution < 1.29 is 0 Å². The molecule has 106 valence electrons. The molecular formula is C15H46. The van der Waals surface area contributed by atoms with Gasteiger partial charge < -0.3 is 0 Å². The molecule has 0 fully saturated rings. The first-order valence-electron chi connectivity index (χ1n) is 5.15. The Kier molecular flexibility index (Phi) is 592. The molecule has 0 aliphatic carbocycles. The molecule has 0 radical (unpaired) electrons. The topological polar surface area (TPSA) is 0 Å². The summed E-state index contributed by atoms with van der Waals surface area (Å²) < 4.78 is 0. The summed E-state index contributed by atoms with van der Waals surface area (Å²) in [5.74, 6) is 0.833. The Morgan fingerprint density at radius 2 is 0.600 bits per heavy atom. The third kappa shape index (κ3) is 0. The first-order valence-corrected chi connectivity index (χ1v) is 5.15. The summed E-state index contributed by atoms with van der Waals surface area (Å²) in [7, 11) is 0. The summed E-state index contributed by atoms with van der Waals surface area (Å²) in [6, 6.07) is 0. The molecule has 0 bridgehead atoms. The van der Waals surface area contributed by atoms with E-state index in [1.807, 2.05) is 27.7 Å². The normalized spacial score (nSPS) is 4.40. The average Bonchev–Trinajstić information content (AvgIpc) is 1.96. The van der Waals surface area contributed by atoms with Crippen molar-refractivity contribution in [1.82, 2.24) is 0 Å². The minimum Gasteiger partial charge on any atom is -0.0776 e. The Morgan fingerprint density at radius 1 is 0.600 bits per heavy atom. The van der Waals surface area contributed by atoms with Crippen LogP contribution in [0.25, 0.3) is 0 Å². The van der Waals surface area contributed by atoms with Gasteiger partial charge in [0.15, 0.2) is 0 Å². The monoisotopic (exact) mass is 226 g/mol. The SMILES string of the molecule is C.C.C.C.CC.CC.CC(C)C.CCC. The molecule has 0 rings (SSSR count). The van der Waals surface area contributed by atoms with Crippen LogP contribution in [0.1, 0.15) is 98.4 Å². The van der Waals surface area contributed by atoms with Gasteiger partial charge in [0.1, 0.15) is 0 Å². The van der Waals surface area contributed by atoms with Gasteiger partial charge in [0.2, 0.25) is 0 Å². The van der Waals surface area contributed by atoms with Gasteiger partial charge in [-0.05, 0) is 5.92 Å². The van der Waals surface area contributed by atoms with Gasteiger partial charge >= 0.3 is 0 Å². The Labute approximate surface area is 105 Å². The van der Waals surface area contributed by atoms with E-state index in [4.69, 9.17) is 0 Å². The lowest BCUT2D eigenvalue weighted by Crippen LogP contribution is -1.66. The highest BCUT2D eigenvalue weighted by atomic mass is 13.7. The molecule has 0 aliphatic rings. The second-order valence-electron chi connectivity index (χ2n) is 2.44. The second kappa shape index (κ2) is 148. The molecule has 0 unspecified atom stereocenters. The molecule has 0 heterocycles. The van der Waals surface area contributed by atoms with Crippen LogP contribution >= 0.6 is 0 Å². The van der Waals surface area contributed by atoms with Gasteiger partial charge in [-0.25, -0.2) is 0 Å². The van der Waals surface area contributed by atoms with E-state index >= 15 is 0 Å². The average molecular weight is 227 g/mol. The third-order valence-corrected chi connectivity index (χ3v) is 0.